The Bertz CT molecular complexity index is 400. The van der Waals surface area contributed by atoms with Crippen LogP contribution in [0.25, 0.3) is 0 Å². The molecule has 7 nitrogen and oxygen atoms in total. The molecule has 0 spiro atoms. The van der Waals surface area contributed by atoms with E-state index in [1.807, 2.05) is 0 Å². The van der Waals surface area contributed by atoms with Crippen molar-refractivity contribution in [3.8, 4) is 0 Å². The minimum Gasteiger partial charge on any atom is -0.391 e. The molecule has 3 rings (SSSR count). The van der Waals surface area contributed by atoms with Crippen LogP contribution in [0, 0.1) is 0 Å². The van der Waals surface area contributed by atoms with Gasteiger partial charge in [0.2, 0.25) is 11.7 Å². The van der Waals surface area contributed by atoms with Gasteiger partial charge in [0.25, 0.3) is 0 Å². The van der Waals surface area contributed by atoms with Gasteiger partial charge < -0.3 is 29.4 Å². The van der Waals surface area contributed by atoms with Gasteiger partial charge in [-0.1, -0.05) is 0 Å². The fraction of sp³-hybridized carbons (Fsp3) is 0.917. The summed E-state index contributed by atoms with van der Waals surface area (Å²) in [6.45, 7) is 5.01. The summed E-state index contributed by atoms with van der Waals surface area (Å²) in [5, 5.41) is 12.4. The number of hydrogen-bond donors (Lipinski definition) is 2. The molecule has 5 atom stereocenters. The summed E-state index contributed by atoms with van der Waals surface area (Å²) >= 11 is 0. The second-order valence-corrected chi connectivity index (χ2v) is 5.68. The highest BCUT2D eigenvalue weighted by Crippen LogP contribution is 2.46. The summed E-state index contributed by atoms with van der Waals surface area (Å²) in [5.74, 6) is -2.15. The molecule has 0 aromatic heterocycles. The predicted molar refractivity (Wildman–Crippen MR) is 62.1 cm³/mol. The summed E-state index contributed by atoms with van der Waals surface area (Å²) in [6.07, 6.45) is -1.30. The Hall–Kier alpha value is -0.730. The minimum atomic E-state index is -1.18. The summed E-state index contributed by atoms with van der Waals surface area (Å²) in [4.78, 5) is 11.3. The number of carbonyl (C=O) groups is 1. The van der Waals surface area contributed by atoms with Crippen molar-refractivity contribution in [2.45, 2.75) is 56.7 Å². The molecule has 3 heterocycles. The Morgan fingerprint density at radius 3 is 2.74 bits per heavy atom. The van der Waals surface area contributed by atoms with E-state index in [4.69, 9.17) is 18.9 Å². The summed E-state index contributed by atoms with van der Waals surface area (Å²) in [7, 11) is 0. The maximum atomic E-state index is 11.3. The monoisotopic (exact) mass is 273 g/mol. The van der Waals surface area contributed by atoms with Crippen LogP contribution >= 0.6 is 0 Å². The fourth-order valence-electron chi connectivity index (χ4n) is 3.06. The number of amides is 1. The van der Waals surface area contributed by atoms with Crippen LogP contribution in [0.5, 0.6) is 0 Å². The van der Waals surface area contributed by atoms with Gasteiger partial charge in [-0.25, -0.2) is 0 Å². The SMILES string of the molecule is CC(=O)N[C@@H]1C2CO[C@](CO)(O2)[C@@H]2OC(C)(C)O[C@H]12. The second kappa shape index (κ2) is 4.13. The Kier molecular flexibility index (Phi) is 2.88. The van der Waals surface area contributed by atoms with E-state index in [-0.39, 0.29) is 24.7 Å². The highest BCUT2D eigenvalue weighted by molar-refractivity contribution is 5.73. The third kappa shape index (κ3) is 1.96. The lowest BCUT2D eigenvalue weighted by Crippen LogP contribution is -2.65. The summed E-state index contributed by atoms with van der Waals surface area (Å²) < 4.78 is 23.0. The first-order chi connectivity index (χ1) is 8.87. The Morgan fingerprint density at radius 2 is 2.11 bits per heavy atom. The van der Waals surface area contributed by atoms with Gasteiger partial charge in [0, 0.05) is 6.92 Å². The van der Waals surface area contributed by atoms with Crippen molar-refractivity contribution in [1.82, 2.24) is 5.32 Å². The van der Waals surface area contributed by atoms with E-state index in [0.717, 1.165) is 0 Å². The zero-order valence-electron chi connectivity index (χ0n) is 11.2. The smallest absolute Gasteiger partial charge is 0.222 e. The van der Waals surface area contributed by atoms with Crippen molar-refractivity contribution in [2.75, 3.05) is 13.2 Å². The van der Waals surface area contributed by atoms with E-state index < -0.39 is 23.8 Å². The lowest BCUT2D eigenvalue weighted by molar-refractivity contribution is -0.277. The molecule has 19 heavy (non-hydrogen) atoms. The molecule has 7 heteroatoms. The molecule has 3 aliphatic rings. The average molecular weight is 273 g/mol. The number of carbonyl (C=O) groups excluding carboxylic acids is 1. The first-order valence-corrected chi connectivity index (χ1v) is 6.42. The Balaban J connectivity index is 1.92. The van der Waals surface area contributed by atoms with Crippen molar-refractivity contribution in [2.24, 2.45) is 0 Å². The molecule has 108 valence electrons. The summed E-state index contributed by atoms with van der Waals surface area (Å²) in [5.41, 5.74) is 0. The van der Waals surface area contributed by atoms with Crippen molar-refractivity contribution < 1.29 is 28.8 Å². The third-order valence-electron chi connectivity index (χ3n) is 3.75. The van der Waals surface area contributed by atoms with E-state index in [9.17, 15) is 9.90 Å². The molecule has 0 aliphatic carbocycles. The fourth-order valence-corrected chi connectivity index (χ4v) is 3.06. The highest BCUT2D eigenvalue weighted by atomic mass is 16.8. The van der Waals surface area contributed by atoms with Crippen LogP contribution in [0.3, 0.4) is 0 Å². The van der Waals surface area contributed by atoms with E-state index in [1.165, 1.54) is 6.92 Å². The molecule has 2 bridgehead atoms. The van der Waals surface area contributed by atoms with Gasteiger partial charge in [-0.15, -0.1) is 0 Å². The van der Waals surface area contributed by atoms with Crippen LogP contribution in [0.15, 0.2) is 0 Å². The molecule has 0 radical (unpaired) electrons. The van der Waals surface area contributed by atoms with Gasteiger partial charge >= 0.3 is 0 Å². The number of rotatable bonds is 2. The van der Waals surface area contributed by atoms with Gasteiger partial charge in [0.1, 0.15) is 24.9 Å². The normalized spacial score (nSPS) is 46.9. The lowest BCUT2D eigenvalue weighted by Gasteiger charge is -2.41. The molecule has 0 saturated carbocycles. The molecule has 3 fully saturated rings. The van der Waals surface area contributed by atoms with Gasteiger partial charge in [0.15, 0.2) is 5.79 Å². The van der Waals surface area contributed by atoms with Gasteiger partial charge in [-0.05, 0) is 13.8 Å². The maximum Gasteiger partial charge on any atom is 0.222 e. The maximum absolute atomic E-state index is 11.3. The van der Waals surface area contributed by atoms with Crippen molar-refractivity contribution in [3.63, 3.8) is 0 Å². The highest BCUT2D eigenvalue weighted by Gasteiger charge is 2.66. The number of aliphatic hydroxyl groups excluding tert-OH is 1. The first kappa shape index (κ1) is 13.3. The van der Waals surface area contributed by atoms with E-state index in [0.29, 0.717) is 6.61 Å². The number of hydrogen-bond acceptors (Lipinski definition) is 6. The minimum absolute atomic E-state index is 0.163. The van der Waals surface area contributed by atoms with Crippen LogP contribution in [0.4, 0.5) is 0 Å². The van der Waals surface area contributed by atoms with Crippen molar-refractivity contribution in [3.05, 3.63) is 0 Å². The van der Waals surface area contributed by atoms with Gasteiger partial charge in [-0.3, -0.25) is 4.79 Å². The van der Waals surface area contributed by atoms with Crippen LogP contribution in [-0.2, 0) is 23.7 Å². The number of nitrogens with one attached hydrogen (secondary N) is 1. The van der Waals surface area contributed by atoms with Crippen LogP contribution in [0.1, 0.15) is 20.8 Å². The van der Waals surface area contributed by atoms with Crippen molar-refractivity contribution >= 4 is 5.91 Å². The molecule has 3 aliphatic heterocycles. The van der Waals surface area contributed by atoms with Crippen LogP contribution in [0.2, 0.25) is 0 Å². The zero-order valence-corrected chi connectivity index (χ0v) is 11.2. The summed E-state index contributed by atoms with van der Waals surface area (Å²) in [6, 6.07) is -0.341. The number of fused-ring (bicyclic) bond motifs is 4. The second-order valence-electron chi connectivity index (χ2n) is 5.68. The predicted octanol–water partition coefficient (Wildman–Crippen LogP) is -0.871. The number of ether oxygens (including phenoxy) is 4. The average Bonchev–Trinajstić information content (AvgIpc) is 2.85. The molecule has 3 saturated heterocycles. The molecule has 1 amide bonds. The largest absolute Gasteiger partial charge is 0.391 e. The molecular weight excluding hydrogens is 254 g/mol. The van der Waals surface area contributed by atoms with E-state index in [1.54, 1.807) is 13.8 Å². The first-order valence-electron chi connectivity index (χ1n) is 6.42. The number of aliphatic hydroxyl groups is 1. The van der Waals surface area contributed by atoms with E-state index in [2.05, 4.69) is 5.32 Å². The quantitative estimate of drug-likeness (QED) is 0.680. The molecule has 0 aromatic rings. The van der Waals surface area contributed by atoms with Crippen molar-refractivity contribution in [1.29, 1.82) is 0 Å². The Morgan fingerprint density at radius 1 is 1.37 bits per heavy atom. The van der Waals surface area contributed by atoms with Crippen LogP contribution in [-0.4, -0.2) is 60.2 Å². The topological polar surface area (TPSA) is 86.3 Å². The molecule has 0 aromatic carbocycles. The zero-order chi connectivity index (χ0) is 13.8. The van der Waals surface area contributed by atoms with Gasteiger partial charge in [0.05, 0.1) is 12.6 Å². The lowest BCUT2D eigenvalue weighted by atomic mass is 9.93. The van der Waals surface area contributed by atoms with Crippen LogP contribution < -0.4 is 5.32 Å². The Labute approximate surface area is 111 Å². The molecular formula is C12H19NO6. The van der Waals surface area contributed by atoms with Gasteiger partial charge in [-0.2, -0.15) is 0 Å². The third-order valence-corrected chi connectivity index (χ3v) is 3.75. The standard InChI is InChI=1S/C12H19NO6/c1-6(15)13-8-7-4-16-12(5-14,17-7)10-9(8)18-11(2,3)19-10/h7-10,14H,4-5H2,1-3H3,(H,13,15)/t7?,8-,9-,10-,12-/m1/s1. The molecule has 1 unspecified atom stereocenters. The molecule has 2 N–H and O–H groups in total. The van der Waals surface area contributed by atoms with E-state index >= 15 is 0 Å².